The molecule has 0 heterocycles. The summed E-state index contributed by atoms with van der Waals surface area (Å²) in [6.45, 7) is 5.85. The first-order chi connectivity index (χ1) is 9.88. The zero-order chi connectivity index (χ0) is 15.5. The first-order valence-corrected chi connectivity index (χ1v) is 7.17. The number of hydrogen-bond donors (Lipinski definition) is 2. The van der Waals surface area contributed by atoms with Crippen molar-refractivity contribution < 1.29 is 4.79 Å². The highest BCUT2D eigenvalue weighted by Crippen LogP contribution is 2.22. The molecule has 2 rings (SSSR count). The maximum absolute atomic E-state index is 12.2. The van der Waals surface area contributed by atoms with Gasteiger partial charge in [0.1, 0.15) is 0 Å². The van der Waals surface area contributed by atoms with E-state index in [2.05, 4.69) is 10.6 Å². The van der Waals surface area contributed by atoms with Crippen molar-refractivity contribution in [2.75, 3.05) is 5.32 Å². The Bertz CT molecular complexity index is 638. The summed E-state index contributed by atoms with van der Waals surface area (Å²) in [4.78, 5) is 12.2. The average molecular weight is 303 g/mol. The van der Waals surface area contributed by atoms with E-state index >= 15 is 0 Å². The van der Waals surface area contributed by atoms with Gasteiger partial charge in [-0.15, -0.1) is 0 Å². The first-order valence-electron chi connectivity index (χ1n) is 6.79. The highest BCUT2D eigenvalue weighted by Gasteiger charge is 2.22. The molecule has 2 aromatic carbocycles. The number of rotatable bonds is 3. The summed E-state index contributed by atoms with van der Waals surface area (Å²) in [7, 11) is 0. The van der Waals surface area contributed by atoms with Crippen LogP contribution in [-0.2, 0) is 5.54 Å². The lowest BCUT2D eigenvalue weighted by Gasteiger charge is -2.27. The molecule has 0 saturated heterocycles. The summed E-state index contributed by atoms with van der Waals surface area (Å²) >= 11 is 5.96. The van der Waals surface area contributed by atoms with Crippen molar-refractivity contribution in [3.63, 3.8) is 0 Å². The van der Waals surface area contributed by atoms with Gasteiger partial charge < -0.3 is 10.6 Å². The van der Waals surface area contributed by atoms with Crippen molar-refractivity contribution in [1.82, 2.24) is 5.32 Å². The van der Waals surface area contributed by atoms with Crippen molar-refractivity contribution in [1.29, 1.82) is 0 Å². The predicted molar refractivity (Wildman–Crippen MR) is 87.8 cm³/mol. The predicted octanol–water partition coefficient (Wildman–Crippen LogP) is 4.71. The molecule has 0 atom stereocenters. The van der Waals surface area contributed by atoms with Gasteiger partial charge in [-0.3, -0.25) is 0 Å². The second-order valence-electron chi connectivity index (χ2n) is 5.53. The largest absolute Gasteiger partial charge is 0.329 e. The Hall–Kier alpha value is -2.00. The summed E-state index contributed by atoms with van der Waals surface area (Å²) < 4.78 is 0. The molecule has 110 valence electrons. The molecular formula is C17H19ClN2O. The molecule has 0 radical (unpaired) electrons. The van der Waals surface area contributed by atoms with Crippen LogP contribution >= 0.6 is 11.6 Å². The molecule has 0 saturated carbocycles. The second kappa shape index (κ2) is 6.19. The molecule has 0 unspecified atom stereocenters. The van der Waals surface area contributed by atoms with Crippen molar-refractivity contribution >= 4 is 23.3 Å². The van der Waals surface area contributed by atoms with E-state index in [0.29, 0.717) is 10.7 Å². The van der Waals surface area contributed by atoms with Gasteiger partial charge in [0.15, 0.2) is 0 Å². The summed E-state index contributed by atoms with van der Waals surface area (Å²) in [5.41, 5.74) is 2.26. The Kier molecular flexibility index (Phi) is 4.53. The molecule has 0 aliphatic heterocycles. The van der Waals surface area contributed by atoms with Crippen molar-refractivity contribution in [3.05, 3.63) is 64.7 Å². The van der Waals surface area contributed by atoms with Crippen LogP contribution in [-0.4, -0.2) is 6.03 Å². The van der Waals surface area contributed by atoms with Crippen molar-refractivity contribution in [2.45, 2.75) is 26.3 Å². The summed E-state index contributed by atoms with van der Waals surface area (Å²) in [5.74, 6) is 0. The van der Waals surface area contributed by atoms with E-state index in [-0.39, 0.29) is 6.03 Å². The molecular weight excluding hydrogens is 284 g/mol. The number of benzene rings is 2. The number of hydrogen-bond acceptors (Lipinski definition) is 1. The number of urea groups is 1. The maximum Gasteiger partial charge on any atom is 0.319 e. The number of carbonyl (C=O) groups excluding carboxylic acids is 1. The fourth-order valence-electron chi connectivity index (χ4n) is 2.09. The number of anilines is 1. The monoisotopic (exact) mass is 302 g/mol. The number of aryl methyl sites for hydroxylation is 1. The summed E-state index contributed by atoms with van der Waals surface area (Å²) in [6, 6.07) is 15.0. The third-order valence-corrected chi connectivity index (χ3v) is 3.60. The molecule has 0 aliphatic carbocycles. The van der Waals surface area contributed by atoms with Gasteiger partial charge in [0.2, 0.25) is 0 Å². The fourth-order valence-corrected chi connectivity index (χ4v) is 2.27. The smallest absolute Gasteiger partial charge is 0.319 e. The number of halogens is 1. The lowest BCUT2D eigenvalue weighted by molar-refractivity contribution is 0.242. The van der Waals surface area contributed by atoms with Crippen LogP contribution in [0.5, 0.6) is 0 Å². The zero-order valence-electron chi connectivity index (χ0n) is 12.4. The van der Waals surface area contributed by atoms with Gasteiger partial charge in [0.05, 0.1) is 5.54 Å². The number of carbonyl (C=O) groups is 1. The molecule has 2 amide bonds. The minimum Gasteiger partial charge on any atom is -0.329 e. The topological polar surface area (TPSA) is 41.1 Å². The Labute approximate surface area is 130 Å². The molecule has 0 aromatic heterocycles. The minimum atomic E-state index is -0.460. The lowest BCUT2D eigenvalue weighted by Crippen LogP contribution is -2.43. The quantitative estimate of drug-likeness (QED) is 0.847. The molecule has 4 heteroatoms. The second-order valence-corrected chi connectivity index (χ2v) is 5.97. The SMILES string of the molecule is Cc1ccc(Cl)cc1NC(=O)NC(C)(C)c1ccccc1. The van der Waals surface area contributed by atoms with E-state index in [0.717, 1.165) is 11.1 Å². The summed E-state index contributed by atoms with van der Waals surface area (Å²) in [6.07, 6.45) is 0. The van der Waals surface area contributed by atoms with Gasteiger partial charge in [0.25, 0.3) is 0 Å². The molecule has 2 aromatic rings. The highest BCUT2D eigenvalue weighted by atomic mass is 35.5. The van der Waals surface area contributed by atoms with Crippen molar-refractivity contribution in [2.24, 2.45) is 0 Å². The summed E-state index contributed by atoms with van der Waals surface area (Å²) in [5, 5.41) is 6.41. The minimum absolute atomic E-state index is 0.255. The van der Waals surface area contributed by atoms with Gasteiger partial charge in [-0.2, -0.15) is 0 Å². The Balaban J connectivity index is 2.09. The third kappa shape index (κ3) is 3.99. The molecule has 0 aliphatic rings. The number of nitrogens with one attached hydrogen (secondary N) is 2. The third-order valence-electron chi connectivity index (χ3n) is 3.37. The van der Waals surface area contributed by atoms with Crippen LogP contribution in [0.3, 0.4) is 0 Å². The van der Waals surface area contributed by atoms with E-state index in [4.69, 9.17) is 11.6 Å². The molecule has 0 bridgehead atoms. The van der Waals surface area contributed by atoms with Crippen LogP contribution in [0.1, 0.15) is 25.0 Å². The van der Waals surface area contributed by atoms with Gasteiger partial charge in [-0.05, 0) is 44.0 Å². The van der Waals surface area contributed by atoms with Gasteiger partial charge in [-0.25, -0.2) is 4.79 Å². The van der Waals surface area contributed by atoms with E-state index < -0.39 is 5.54 Å². The zero-order valence-corrected chi connectivity index (χ0v) is 13.2. The van der Waals surface area contributed by atoms with E-state index in [1.54, 1.807) is 12.1 Å². The Morgan fingerprint density at radius 1 is 1.10 bits per heavy atom. The molecule has 3 nitrogen and oxygen atoms in total. The Morgan fingerprint density at radius 3 is 2.43 bits per heavy atom. The van der Waals surface area contributed by atoms with Gasteiger partial charge in [0, 0.05) is 10.7 Å². The molecule has 0 fully saturated rings. The fraction of sp³-hybridized carbons (Fsp3) is 0.235. The van der Waals surface area contributed by atoms with Gasteiger partial charge in [-0.1, -0.05) is 48.0 Å². The van der Waals surface area contributed by atoms with Crippen LogP contribution in [0.15, 0.2) is 48.5 Å². The molecule has 21 heavy (non-hydrogen) atoms. The van der Waals surface area contributed by atoms with Crippen LogP contribution in [0, 0.1) is 6.92 Å². The van der Waals surface area contributed by atoms with Gasteiger partial charge >= 0.3 is 6.03 Å². The lowest BCUT2D eigenvalue weighted by atomic mass is 9.95. The van der Waals surface area contributed by atoms with Crippen LogP contribution in [0.2, 0.25) is 5.02 Å². The van der Waals surface area contributed by atoms with Crippen LogP contribution in [0.4, 0.5) is 10.5 Å². The molecule has 2 N–H and O–H groups in total. The first kappa shape index (κ1) is 15.4. The van der Waals surface area contributed by atoms with E-state index in [1.807, 2.05) is 57.2 Å². The standard InChI is InChI=1S/C17H19ClN2O/c1-12-9-10-14(18)11-15(12)19-16(21)20-17(2,3)13-7-5-4-6-8-13/h4-11H,1-3H3,(H2,19,20,21). The average Bonchev–Trinajstić information content (AvgIpc) is 2.43. The van der Waals surface area contributed by atoms with Crippen LogP contribution in [0.25, 0.3) is 0 Å². The number of amides is 2. The molecule has 0 spiro atoms. The van der Waals surface area contributed by atoms with E-state index in [9.17, 15) is 4.79 Å². The normalized spacial score (nSPS) is 11.0. The Morgan fingerprint density at radius 2 is 1.76 bits per heavy atom. The maximum atomic E-state index is 12.2. The van der Waals surface area contributed by atoms with Crippen LogP contribution < -0.4 is 10.6 Å². The van der Waals surface area contributed by atoms with Crippen molar-refractivity contribution in [3.8, 4) is 0 Å². The highest BCUT2D eigenvalue weighted by molar-refractivity contribution is 6.31. The van der Waals surface area contributed by atoms with E-state index in [1.165, 1.54) is 0 Å².